The van der Waals surface area contributed by atoms with Crippen LogP contribution < -0.4 is 9.47 Å². The number of morpholine rings is 1. The van der Waals surface area contributed by atoms with Crippen molar-refractivity contribution in [2.45, 2.75) is 6.10 Å². The molecule has 0 spiro atoms. The Hall–Kier alpha value is -3.19. The maximum atomic E-state index is 13.6. The standard InChI is InChI=1S/C22H21FN2O4/c1-27-19-6-4-14(11-20(19)28-2)22(26)25-7-8-29-21(13-25)18-10-16-9-17(23)5-3-15(16)12-24-18/h3-6,9-12,21H,7-8,13H2,1-2H3. The molecular formula is C22H21FN2O4. The average molecular weight is 396 g/mol. The van der Waals surface area contributed by atoms with E-state index in [1.807, 2.05) is 6.07 Å². The predicted octanol–water partition coefficient (Wildman–Crippen LogP) is 3.60. The number of methoxy groups -OCH3 is 2. The molecule has 2 aromatic carbocycles. The summed E-state index contributed by atoms with van der Waals surface area (Å²) in [6, 6.07) is 11.5. The molecule has 3 aromatic rings. The lowest BCUT2D eigenvalue weighted by atomic mass is 10.1. The van der Waals surface area contributed by atoms with E-state index in [9.17, 15) is 9.18 Å². The van der Waals surface area contributed by atoms with Crippen LogP contribution in [0.2, 0.25) is 0 Å². The van der Waals surface area contributed by atoms with E-state index in [1.165, 1.54) is 19.2 Å². The van der Waals surface area contributed by atoms with Crippen LogP contribution in [0.1, 0.15) is 22.2 Å². The summed E-state index contributed by atoms with van der Waals surface area (Å²) in [5.41, 5.74) is 1.18. The van der Waals surface area contributed by atoms with Crippen LogP contribution in [0, 0.1) is 5.82 Å². The zero-order chi connectivity index (χ0) is 20.4. The minimum Gasteiger partial charge on any atom is -0.493 e. The fraction of sp³-hybridized carbons (Fsp3) is 0.273. The molecule has 0 bridgehead atoms. The third-order valence-electron chi connectivity index (χ3n) is 5.02. The third-order valence-corrected chi connectivity index (χ3v) is 5.02. The second-order valence-corrected chi connectivity index (χ2v) is 6.78. The molecule has 2 heterocycles. The van der Waals surface area contributed by atoms with E-state index in [1.54, 1.807) is 42.5 Å². The summed E-state index contributed by atoms with van der Waals surface area (Å²) in [7, 11) is 3.08. The molecule has 150 valence electrons. The molecule has 4 rings (SSSR count). The van der Waals surface area contributed by atoms with Crippen LogP contribution >= 0.6 is 0 Å². The highest BCUT2D eigenvalue weighted by molar-refractivity contribution is 5.95. The van der Waals surface area contributed by atoms with Gasteiger partial charge in [0.1, 0.15) is 11.9 Å². The summed E-state index contributed by atoms with van der Waals surface area (Å²) in [5, 5.41) is 1.60. The van der Waals surface area contributed by atoms with E-state index in [0.717, 1.165) is 10.8 Å². The van der Waals surface area contributed by atoms with Gasteiger partial charge in [0.2, 0.25) is 0 Å². The Morgan fingerprint density at radius 3 is 2.72 bits per heavy atom. The smallest absolute Gasteiger partial charge is 0.254 e. The average Bonchev–Trinajstić information content (AvgIpc) is 2.77. The highest BCUT2D eigenvalue weighted by atomic mass is 19.1. The summed E-state index contributed by atoms with van der Waals surface area (Å²) in [6.45, 7) is 1.24. The number of fused-ring (bicyclic) bond motifs is 1. The van der Waals surface area contributed by atoms with Crippen LogP contribution in [0.25, 0.3) is 10.8 Å². The molecule has 0 N–H and O–H groups in total. The Morgan fingerprint density at radius 1 is 1.10 bits per heavy atom. The summed E-state index contributed by atoms with van der Waals surface area (Å²) in [6.07, 6.45) is 1.32. The van der Waals surface area contributed by atoms with Crippen molar-refractivity contribution in [3.8, 4) is 11.5 Å². The molecule has 1 saturated heterocycles. The number of benzene rings is 2. The van der Waals surface area contributed by atoms with Crippen molar-refractivity contribution in [1.29, 1.82) is 0 Å². The highest BCUT2D eigenvalue weighted by Crippen LogP contribution is 2.29. The van der Waals surface area contributed by atoms with Gasteiger partial charge in [0, 0.05) is 23.7 Å². The summed E-state index contributed by atoms with van der Waals surface area (Å²) >= 11 is 0. The molecule has 1 atom stereocenters. The van der Waals surface area contributed by atoms with Crippen LogP contribution in [-0.4, -0.2) is 49.7 Å². The molecule has 0 aliphatic carbocycles. The monoisotopic (exact) mass is 396 g/mol. The fourth-order valence-corrected chi connectivity index (χ4v) is 3.47. The molecule has 7 heteroatoms. The van der Waals surface area contributed by atoms with Gasteiger partial charge in [-0.1, -0.05) is 0 Å². The van der Waals surface area contributed by atoms with Crippen LogP contribution in [0.4, 0.5) is 4.39 Å². The fourth-order valence-electron chi connectivity index (χ4n) is 3.47. The second-order valence-electron chi connectivity index (χ2n) is 6.78. The first-order valence-electron chi connectivity index (χ1n) is 9.27. The van der Waals surface area contributed by atoms with Crippen LogP contribution in [-0.2, 0) is 4.74 Å². The number of nitrogens with zero attached hydrogens (tertiary/aromatic N) is 2. The van der Waals surface area contributed by atoms with Crippen molar-refractivity contribution in [2.24, 2.45) is 0 Å². The lowest BCUT2D eigenvalue weighted by Crippen LogP contribution is -2.42. The van der Waals surface area contributed by atoms with Gasteiger partial charge in [-0.15, -0.1) is 0 Å². The number of ether oxygens (including phenoxy) is 3. The molecule has 1 unspecified atom stereocenters. The Morgan fingerprint density at radius 2 is 1.93 bits per heavy atom. The number of halogens is 1. The first-order valence-corrected chi connectivity index (χ1v) is 9.27. The number of rotatable bonds is 4. The van der Waals surface area contributed by atoms with E-state index in [-0.39, 0.29) is 17.8 Å². The number of carbonyl (C=O) groups is 1. The molecule has 1 aliphatic heterocycles. The lowest BCUT2D eigenvalue weighted by Gasteiger charge is -2.33. The molecule has 0 saturated carbocycles. The third kappa shape index (κ3) is 3.86. The number of aromatic nitrogens is 1. The first-order chi connectivity index (χ1) is 14.1. The van der Waals surface area contributed by atoms with E-state index in [4.69, 9.17) is 14.2 Å². The number of carbonyl (C=O) groups excluding carboxylic acids is 1. The van der Waals surface area contributed by atoms with Gasteiger partial charge < -0.3 is 19.1 Å². The van der Waals surface area contributed by atoms with Crippen molar-refractivity contribution in [2.75, 3.05) is 33.9 Å². The largest absolute Gasteiger partial charge is 0.493 e. The van der Waals surface area contributed by atoms with E-state index >= 15 is 0 Å². The maximum absolute atomic E-state index is 13.6. The molecule has 6 nitrogen and oxygen atoms in total. The zero-order valence-corrected chi connectivity index (χ0v) is 16.2. The number of hydrogen-bond donors (Lipinski definition) is 0. The van der Waals surface area contributed by atoms with Crippen molar-refractivity contribution in [1.82, 2.24) is 9.88 Å². The van der Waals surface area contributed by atoms with E-state index in [0.29, 0.717) is 42.5 Å². The molecule has 0 radical (unpaired) electrons. The minimum absolute atomic E-state index is 0.119. The van der Waals surface area contributed by atoms with Gasteiger partial charge in [-0.2, -0.15) is 0 Å². The van der Waals surface area contributed by atoms with Crippen LogP contribution in [0.15, 0.2) is 48.7 Å². The molecule has 1 amide bonds. The quantitative estimate of drug-likeness (QED) is 0.674. The highest BCUT2D eigenvalue weighted by Gasteiger charge is 2.27. The topological polar surface area (TPSA) is 60.9 Å². The lowest BCUT2D eigenvalue weighted by molar-refractivity contribution is -0.0246. The van der Waals surface area contributed by atoms with E-state index < -0.39 is 0 Å². The van der Waals surface area contributed by atoms with Gasteiger partial charge in [-0.25, -0.2) is 4.39 Å². The first kappa shape index (κ1) is 19.1. The number of pyridine rings is 1. The minimum atomic E-state index is -0.375. The molecular weight excluding hydrogens is 375 g/mol. The Kier molecular flexibility index (Phi) is 5.31. The summed E-state index contributed by atoms with van der Waals surface area (Å²) in [4.78, 5) is 19.2. The number of amides is 1. The van der Waals surface area contributed by atoms with Gasteiger partial charge in [0.15, 0.2) is 11.5 Å². The van der Waals surface area contributed by atoms with Crippen molar-refractivity contribution in [3.63, 3.8) is 0 Å². The maximum Gasteiger partial charge on any atom is 0.254 e. The predicted molar refractivity (Wildman–Crippen MR) is 106 cm³/mol. The van der Waals surface area contributed by atoms with Crippen molar-refractivity contribution >= 4 is 16.7 Å². The van der Waals surface area contributed by atoms with Crippen molar-refractivity contribution in [3.05, 3.63) is 65.7 Å². The molecule has 29 heavy (non-hydrogen) atoms. The van der Waals surface area contributed by atoms with Gasteiger partial charge >= 0.3 is 0 Å². The van der Waals surface area contributed by atoms with E-state index in [2.05, 4.69) is 4.98 Å². The second kappa shape index (κ2) is 8.05. The molecule has 1 fully saturated rings. The Balaban J connectivity index is 1.56. The van der Waals surface area contributed by atoms with Gasteiger partial charge in [0.05, 0.1) is 33.1 Å². The zero-order valence-electron chi connectivity index (χ0n) is 16.2. The van der Waals surface area contributed by atoms with Crippen LogP contribution in [0.5, 0.6) is 11.5 Å². The van der Waals surface area contributed by atoms with Crippen molar-refractivity contribution < 1.29 is 23.4 Å². The van der Waals surface area contributed by atoms with Gasteiger partial charge in [0.25, 0.3) is 5.91 Å². The molecule has 1 aromatic heterocycles. The summed E-state index contributed by atoms with van der Waals surface area (Å²) in [5.74, 6) is 0.647. The normalized spacial score (nSPS) is 16.7. The SMILES string of the molecule is COc1ccc(C(=O)N2CCOC(c3cc4cc(F)ccc4cn3)C2)cc1OC. The summed E-state index contributed by atoms with van der Waals surface area (Å²) < 4.78 is 29.9. The Labute approximate surface area is 167 Å². The Bertz CT molecular complexity index is 1060. The number of hydrogen-bond acceptors (Lipinski definition) is 5. The van der Waals surface area contributed by atoms with Crippen LogP contribution in [0.3, 0.4) is 0 Å². The molecule has 1 aliphatic rings. The van der Waals surface area contributed by atoms with Gasteiger partial charge in [-0.3, -0.25) is 9.78 Å². The van der Waals surface area contributed by atoms with Gasteiger partial charge in [-0.05, 0) is 47.9 Å².